The Hall–Kier alpha value is -4.33. The molecule has 0 aliphatic heterocycles. The van der Waals surface area contributed by atoms with Crippen molar-refractivity contribution in [3.05, 3.63) is 89.5 Å². The van der Waals surface area contributed by atoms with Crippen LogP contribution in [0.5, 0.6) is 11.5 Å². The number of carbonyl (C=O) groups excluding carboxylic acids is 2. The van der Waals surface area contributed by atoms with Gasteiger partial charge in [-0.2, -0.15) is 0 Å². The molecular weight excluding hydrogens is 444 g/mol. The fraction of sp³-hybridized carbons (Fsp3) is 0.115. The van der Waals surface area contributed by atoms with Gasteiger partial charge in [0.2, 0.25) is 5.78 Å². The van der Waals surface area contributed by atoms with Crippen LogP contribution in [-0.4, -0.2) is 37.6 Å². The zero-order valence-corrected chi connectivity index (χ0v) is 18.3. The van der Waals surface area contributed by atoms with Crippen molar-refractivity contribution in [2.75, 3.05) is 20.8 Å². The van der Waals surface area contributed by atoms with E-state index in [2.05, 4.69) is 4.98 Å². The number of halogens is 2. The number of carbonyl (C=O) groups is 2. The average Bonchev–Trinajstić information content (AvgIpc) is 2.87. The van der Waals surface area contributed by atoms with Gasteiger partial charge in [-0.1, -0.05) is 18.2 Å². The monoisotopic (exact) mass is 463 g/mol. The van der Waals surface area contributed by atoms with Crippen molar-refractivity contribution >= 4 is 22.7 Å². The van der Waals surface area contributed by atoms with E-state index in [4.69, 9.17) is 14.2 Å². The molecule has 0 aliphatic rings. The first-order valence-corrected chi connectivity index (χ1v) is 10.2. The van der Waals surface area contributed by atoms with Crippen molar-refractivity contribution in [1.29, 1.82) is 0 Å². The molecule has 0 radical (unpaired) electrons. The lowest BCUT2D eigenvalue weighted by molar-refractivity contribution is 0.0475. The van der Waals surface area contributed by atoms with E-state index in [1.807, 2.05) is 0 Å². The van der Waals surface area contributed by atoms with Gasteiger partial charge in [0.1, 0.15) is 11.6 Å². The summed E-state index contributed by atoms with van der Waals surface area (Å²) in [7, 11) is 3.04. The Morgan fingerprint density at radius 1 is 0.853 bits per heavy atom. The van der Waals surface area contributed by atoms with E-state index in [1.165, 1.54) is 14.2 Å². The topological polar surface area (TPSA) is 74.7 Å². The van der Waals surface area contributed by atoms with Gasteiger partial charge in [-0.25, -0.2) is 18.6 Å². The number of Topliss-reactive ketones (excluding diaryl/α,β-unsaturated/α-hetero) is 1. The third-order valence-corrected chi connectivity index (χ3v) is 5.18. The second kappa shape index (κ2) is 9.66. The lowest BCUT2D eigenvalue weighted by Crippen LogP contribution is -2.16. The largest absolute Gasteiger partial charge is 0.493 e. The van der Waals surface area contributed by atoms with E-state index >= 15 is 0 Å². The van der Waals surface area contributed by atoms with Gasteiger partial charge >= 0.3 is 5.97 Å². The molecule has 3 aromatic carbocycles. The highest BCUT2D eigenvalue weighted by Crippen LogP contribution is 2.33. The quantitative estimate of drug-likeness (QED) is 0.276. The van der Waals surface area contributed by atoms with Gasteiger partial charge in [-0.3, -0.25) is 4.79 Å². The molecule has 6 nitrogen and oxygen atoms in total. The molecule has 0 fully saturated rings. The van der Waals surface area contributed by atoms with E-state index < -0.39 is 35.6 Å². The second-order valence-corrected chi connectivity index (χ2v) is 7.27. The van der Waals surface area contributed by atoms with Crippen molar-refractivity contribution in [3.8, 4) is 22.8 Å². The molecule has 34 heavy (non-hydrogen) atoms. The summed E-state index contributed by atoms with van der Waals surface area (Å²) >= 11 is 0. The normalized spacial score (nSPS) is 10.7. The van der Waals surface area contributed by atoms with Crippen LogP contribution in [-0.2, 0) is 4.74 Å². The van der Waals surface area contributed by atoms with E-state index in [1.54, 1.807) is 48.5 Å². The maximum atomic E-state index is 13.9. The summed E-state index contributed by atoms with van der Waals surface area (Å²) in [5.41, 5.74) is 1.34. The standard InChI is InChI=1S/C26H19F2NO5/c1-32-24-10-7-15(11-25(24)33-2)22-13-18(17-5-3-4-6-21(17)29-22)26(31)34-14-23(30)19-12-16(27)8-9-20(19)28/h3-13H,14H2,1-2H3. The minimum Gasteiger partial charge on any atom is -0.493 e. The Morgan fingerprint density at radius 2 is 1.62 bits per heavy atom. The number of methoxy groups -OCH3 is 2. The van der Waals surface area contributed by atoms with Crippen LogP contribution in [0.4, 0.5) is 8.78 Å². The number of nitrogens with zero attached hydrogens (tertiary/aromatic N) is 1. The molecular formula is C26H19F2NO5. The number of hydrogen-bond donors (Lipinski definition) is 0. The summed E-state index contributed by atoms with van der Waals surface area (Å²) in [6.07, 6.45) is 0. The summed E-state index contributed by atoms with van der Waals surface area (Å²) < 4.78 is 43.1. The first kappa shape index (κ1) is 22.8. The summed E-state index contributed by atoms with van der Waals surface area (Å²) in [6, 6.07) is 16.2. The maximum Gasteiger partial charge on any atom is 0.339 e. The molecule has 0 N–H and O–H groups in total. The summed E-state index contributed by atoms with van der Waals surface area (Å²) in [5, 5.41) is 0.515. The molecule has 0 atom stereocenters. The van der Waals surface area contributed by atoms with Gasteiger partial charge in [-0.05, 0) is 48.5 Å². The number of fused-ring (bicyclic) bond motifs is 1. The van der Waals surface area contributed by atoms with Crippen molar-refractivity contribution in [2.45, 2.75) is 0 Å². The van der Waals surface area contributed by atoms with Crippen LogP contribution in [0.2, 0.25) is 0 Å². The minimum absolute atomic E-state index is 0.169. The number of ketones is 1. The Balaban J connectivity index is 1.67. The molecule has 4 aromatic rings. The third-order valence-electron chi connectivity index (χ3n) is 5.18. The minimum atomic E-state index is -0.896. The van der Waals surface area contributed by atoms with Crippen LogP contribution in [0, 0.1) is 11.6 Å². The fourth-order valence-corrected chi connectivity index (χ4v) is 3.49. The predicted molar refractivity (Wildman–Crippen MR) is 121 cm³/mol. The number of benzene rings is 3. The Bertz CT molecular complexity index is 1400. The highest BCUT2D eigenvalue weighted by Gasteiger charge is 2.19. The molecule has 0 amide bonds. The number of hydrogen-bond acceptors (Lipinski definition) is 6. The van der Waals surface area contributed by atoms with Crippen molar-refractivity contribution in [2.24, 2.45) is 0 Å². The summed E-state index contributed by atoms with van der Waals surface area (Å²) in [4.78, 5) is 29.9. The van der Waals surface area contributed by atoms with Gasteiger partial charge in [0.05, 0.1) is 36.6 Å². The molecule has 8 heteroatoms. The molecule has 1 heterocycles. The van der Waals surface area contributed by atoms with Gasteiger partial charge < -0.3 is 14.2 Å². The first-order chi connectivity index (χ1) is 16.4. The van der Waals surface area contributed by atoms with Crippen LogP contribution >= 0.6 is 0 Å². The number of ether oxygens (including phenoxy) is 3. The van der Waals surface area contributed by atoms with E-state index in [0.717, 1.165) is 18.2 Å². The zero-order valence-electron chi connectivity index (χ0n) is 18.3. The Kier molecular flexibility index (Phi) is 6.49. The van der Waals surface area contributed by atoms with Gasteiger partial charge in [0.25, 0.3) is 0 Å². The number of pyridine rings is 1. The van der Waals surface area contributed by atoms with Gasteiger partial charge in [0.15, 0.2) is 18.1 Å². The average molecular weight is 463 g/mol. The SMILES string of the molecule is COc1ccc(-c2cc(C(=O)OCC(=O)c3cc(F)ccc3F)c3ccccc3n2)cc1OC. The van der Waals surface area contributed by atoms with E-state index in [9.17, 15) is 18.4 Å². The highest BCUT2D eigenvalue weighted by atomic mass is 19.1. The number of rotatable bonds is 7. The molecule has 1 aromatic heterocycles. The van der Waals surface area contributed by atoms with Crippen LogP contribution in [0.3, 0.4) is 0 Å². The lowest BCUT2D eigenvalue weighted by Gasteiger charge is -2.12. The number of para-hydroxylation sites is 1. The summed E-state index contributed by atoms with van der Waals surface area (Å²) in [5.74, 6) is -2.30. The second-order valence-electron chi connectivity index (χ2n) is 7.27. The smallest absolute Gasteiger partial charge is 0.339 e. The number of esters is 1. The van der Waals surface area contributed by atoms with Crippen molar-refractivity contribution < 1.29 is 32.6 Å². The van der Waals surface area contributed by atoms with E-state index in [0.29, 0.717) is 33.7 Å². The fourth-order valence-electron chi connectivity index (χ4n) is 3.49. The molecule has 0 aliphatic carbocycles. The maximum absolute atomic E-state index is 13.9. The molecule has 172 valence electrons. The molecule has 4 rings (SSSR count). The molecule has 0 unspecified atom stereocenters. The van der Waals surface area contributed by atoms with Crippen LogP contribution in [0.25, 0.3) is 22.2 Å². The van der Waals surface area contributed by atoms with Crippen LogP contribution in [0.1, 0.15) is 20.7 Å². The molecule has 0 bridgehead atoms. The first-order valence-electron chi connectivity index (χ1n) is 10.2. The number of aromatic nitrogens is 1. The van der Waals surface area contributed by atoms with Gasteiger partial charge in [0, 0.05) is 10.9 Å². The molecule has 0 spiro atoms. The summed E-state index contributed by atoms with van der Waals surface area (Å²) in [6.45, 7) is -0.748. The lowest BCUT2D eigenvalue weighted by atomic mass is 10.0. The molecule has 0 saturated carbocycles. The Morgan fingerprint density at radius 3 is 2.38 bits per heavy atom. The predicted octanol–water partition coefficient (Wildman–Crippen LogP) is 5.24. The Labute approximate surface area is 193 Å². The van der Waals surface area contributed by atoms with Gasteiger partial charge in [-0.15, -0.1) is 0 Å². The van der Waals surface area contributed by atoms with Crippen LogP contribution < -0.4 is 9.47 Å². The highest BCUT2D eigenvalue weighted by molar-refractivity contribution is 6.06. The van der Waals surface area contributed by atoms with Crippen LogP contribution in [0.15, 0.2) is 66.7 Å². The zero-order chi connectivity index (χ0) is 24.2. The van der Waals surface area contributed by atoms with Crippen molar-refractivity contribution in [1.82, 2.24) is 4.98 Å². The van der Waals surface area contributed by atoms with Crippen molar-refractivity contribution in [3.63, 3.8) is 0 Å². The third kappa shape index (κ3) is 4.56. The van der Waals surface area contributed by atoms with E-state index in [-0.39, 0.29) is 5.56 Å². The molecule has 0 saturated heterocycles.